The van der Waals surface area contributed by atoms with Gasteiger partial charge in [-0.25, -0.2) is 0 Å². The van der Waals surface area contributed by atoms with Crippen LogP contribution in [0.4, 0.5) is 0 Å². The highest BCUT2D eigenvalue weighted by atomic mass is 35.6. The van der Waals surface area contributed by atoms with Gasteiger partial charge in [0, 0.05) is 0 Å². The molecule has 0 atom stereocenters. The van der Waals surface area contributed by atoms with Crippen LogP contribution in [0.15, 0.2) is 0 Å². The Morgan fingerprint density at radius 2 is 1.18 bits per heavy atom. The highest BCUT2D eigenvalue weighted by Crippen LogP contribution is 1.95. The standard InChI is InChI=1S/C6H14.2CH3.2Al.ClH.3H/c1-3-5-6-4-2;;;;;;;;/h3-6H2,1-2H3;2*1H3;;;1H;;;/q;;;;+1;;;;/p-1. The predicted octanol–water partition coefficient (Wildman–Crippen LogP) is 2.88. The van der Waals surface area contributed by atoms with E-state index in [-0.39, 0.29) is 17.4 Å². The van der Waals surface area contributed by atoms with Crippen molar-refractivity contribution in [1.29, 1.82) is 0 Å². The maximum Gasteiger partial charge on any atom is 0.393 e. The molecule has 0 rings (SSSR count). The molecule has 68 valence electrons. The monoisotopic (exact) mass is 208 g/mol. The van der Waals surface area contributed by atoms with Crippen molar-refractivity contribution in [2.75, 3.05) is 0 Å². The first kappa shape index (κ1) is 18.2. The van der Waals surface area contributed by atoms with Crippen LogP contribution in [-0.4, -0.2) is 30.6 Å². The minimum absolute atomic E-state index is 0. The summed E-state index contributed by atoms with van der Waals surface area (Å²) in [4.78, 5) is 0. The Kier molecular flexibility index (Phi) is 28.9. The zero-order chi connectivity index (χ0) is 8.41. The van der Waals surface area contributed by atoms with Crippen LogP contribution < -0.4 is 0 Å². The van der Waals surface area contributed by atoms with E-state index in [4.69, 9.17) is 10.0 Å². The molecule has 0 amide bonds. The first-order chi connectivity index (χ1) is 4.65. The number of rotatable bonds is 3. The zero-order valence-electron chi connectivity index (χ0n) is 7.78. The van der Waals surface area contributed by atoms with Gasteiger partial charge in [0.1, 0.15) is 0 Å². The smallest absolute Gasteiger partial charge is 0.262 e. The molecule has 11 heavy (non-hydrogen) atoms. The van der Waals surface area contributed by atoms with Gasteiger partial charge in [-0.2, -0.15) is 0 Å². The third-order valence-electron chi connectivity index (χ3n) is 0.957. The van der Waals surface area contributed by atoms with Crippen molar-refractivity contribution in [3.63, 3.8) is 0 Å². The maximum atomic E-state index is 5.41. The molecule has 0 heterocycles. The summed E-state index contributed by atoms with van der Waals surface area (Å²) in [6.45, 7) is 4.46. The number of hydrogen-bond donors (Lipinski definition) is 0. The molecular formula is C8H23Al2Cl. The van der Waals surface area contributed by atoms with Crippen LogP contribution in [0.25, 0.3) is 0 Å². The Bertz CT molecular complexity index is 42.6. The van der Waals surface area contributed by atoms with E-state index in [2.05, 4.69) is 25.4 Å². The van der Waals surface area contributed by atoms with Crippen LogP contribution in [-0.2, 0) is 0 Å². The van der Waals surface area contributed by atoms with E-state index in [0.717, 1.165) is 0 Å². The van der Waals surface area contributed by atoms with Gasteiger partial charge < -0.3 is 0 Å². The molecule has 0 N–H and O–H groups in total. The summed E-state index contributed by atoms with van der Waals surface area (Å²) in [5.74, 6) is 4.14. The minimum atomic E-state index is -0.667. The summed E-state index contributed by atoms with van der Waals surface area (Å²) in [6.07, 6.45) is 5.54. The van der Waals surface area contributed by atoms with Crippen LogP contribution in [0.1, 0.15) is 39.5 Å². The average Bonchev–Trinajstić information content (AvgIpc) is 1.82. The summed E-state index contributed by atoms with van der Waals surface area (Å²) >= 11 is -0.667. The molecule has 0 aromatic rings. The second-order valence-corrected chi connectivity index (χ2v) is 7.37. The Morgan fingerprint density at radius 1 is 1.00 bits per heavy atom. The Labute approximate surface area is 91.4 Å². The molecule has 0 aromatic carbocycles. The van der Waals surface area contributed by atoms with Gasteiger partial charge in [-0.1, -0.05) is 51.1 Å². The zero-order valence-corrected chi connectivity index (χ0v) is 9.69. The summed E-state index contributed by atoms with van der Waals surface area (Å²) in [5.41, 5.74) is 0. The first-order valence-electron chi connectivity index (χ1n) is 4.29. The SMILES string of the molecule is CCCCCC.[AlH3].[CH3][Al]([CH3])[Cl]. The molecule has 0 fully saturated rings. The van der Waals surface area contributed by atoms with Crippen LogP contribution in [0.2, 0.25) is 11.6 Å². The summed E-state index contributed by atoms with van der Waals surface area (Å²) in [5, 5.41) is 0. The van der Waals surface area contributed by atoms with E-state index in [0.29, 0.717) is 0 Å². The quantitative estimate of drug-likeness (QED) is 0.494. The average molecular weight is 209 g/mol. The van der Waals surface area contributed by atoms with E-state index in [1.54, 1.807) is 0 Å². The van der Waals surface area contributed by atoms with E-state index in [9.17, 15) is 0 Å². The molecule has 0 aromatic heterocycles. The second kappa shape index (κ2) is 17.4. The Morgan fingerprint density at radius 3 is 1.27 bits per heavy atom. The molecule has 0 saturated carbocycles. The highest BCUT2D eigenvalue weighted by Gasteiger charge is 1.88. The van der Waals surface area contributed by atoms with Gasteiger partial charge in [0.15, 0.2) is 17.4 Å². The van der Waals surface area contributed by atoms with Crippen LogP contribution >= 0.6 is 10.0 Å². The largest absolute Gasteiger partial charge is 0.393 e. The van der Waals surface area contributed by atoms with Gasteiger partial charge in [0.05, 0.1) is 0 Å². The van der Waals surface area contributed by atoms with Crippen molar-refractivity contribution in [1.82, 2.24) is 0 Å². The van der Waals surface area contributed by atoms with Gasteiger partial charge in [-0.3, -0.25) is 10.0 Å². The number of halogens is 1. The molecule has 0 saturated heterocycles. The molecule has 0 aliphatic rings. The van der Waals surface area contributed by atoms with Crippen molar-refractivity contribution < 1.29 is 0 Å². The van der Waals surface area contributed by atoms with Gasteiger partial charge in [-0.05, 0) is 0 Å². The van der Waals surface area contributed by atoms with Crippen molar-refractivity contribution >= 4 is 40.6 Å². The maximum absolute atomic E-state index is 5.41. The molecular weight excluding hydrogens is 186 g/mol. The third-order valence-corrected chi connectivity index (χ3v) is 0.957. The van der Waals surface area contributed by atoms with Crippen LogP contribution in [0.5, 0.6) is 0 Å². The second-order valence-electron chi connectivity index (χ2n) is 2.72. The topological polar surface area (TPSA) is 0 Å². The molecule has 3 heteroatoms. The van der Waals surface area contributed by atoms with Crippen molar-refractivity contribution in [3.8, 4) is 0 Å². The fraction of sp³-hybridized carbons (Fsp3) is 1.00. The minimum Gasteiger partial charge on any atom is -0.262 e. The number of hydrogen-bond acceptors (Lipinski definition) is 0. The molecule has 0 aliphatic carbocycles. The lowest BCUT2D eigenvalue weighted by molar-refractivity contribution is 0.702. The fourth-order valence-corrected chi connectivity index (χ4v) is 0.500. The molecule has 0 radical (unpaired) electrons. The van der Waals surface area contributed by atoms with Gasteiger partial charge in [-0.15, -0.1) is 0 Å². The van der Waals surface area contributed by atoms with Crippen molar-refractivity contribution in [2.24, 2.45) is 0 Å². The Balaban J connectivity index is -0.000000114. The van der Waals surface area contributed by atoms with E-state index in [1.165, 1.54) is 25.7 Å². The number of unbranched alkanes of at least 4 members (excludes halogenated alkanes) is 3. The third kappa shape index (κ3) is 52.4. The molecule has 0 aliphatic heterocycles. The fourth-order valence-electron chi connectivity index (χ4n) is 0.500. The van der Waals surface area contributed by atoms with Gasteiger partial charge in [0.2, 0.25) is 0 Å². The Hall–Kier alpha value is 1.35. The molecule has 0 spiro atoms. The molecule has 0 unspecified atom stereocenters. The van der Waals surface area contributed by atoms with E-state index >= 15 is 0 Å². The van der Waals surface area contributed by atoms with Gasteiger partial charge >= 0.3 is 13.2 Å². The van der Waals surface area contributed by atoms with Crippen molar-refractivity contribution in [2.45, 2.75) is 51.1 Å². The summed E-state index contributed by atoms with van der Waals surface area (Å²) < 4.78 is 0. The van der Waals surface area contributed by atoms with Crippen LogP contribution in [0, 0.1) is 0 Å². The molecule has 0 bridgehead atoms. The normalized spacial score (nSPS) is 7.36. The molecule has 0 nitrogen and oxygen atoms in total. The summed E-state index contributed by atoms with van der Waals surface area (Å²) in [6, 6.07) is 0. The lowest BCUT2D eigenvalue weighted by atomic mass is 10.2. The predicted molar refractivity (Wildman–Crippen MR) is 63.1 cm³/mol. The van der Waals surface area contributed by atoms with Gasteiger partial charge in [0.25, 0.3) is 0 Å². The summed E-state index contributed by atoms with van der Waals surface area (Å²) in [7, 11) is 5.41. The van der Waals surface area contributed by atoms with Crippen LogP contribution in [0.3, 0.4) is 0 Å². The van der Waals surface area contributed by atoms with Crippen molar-refractivity contribution in [3.05, 3.63) is 0 Å². The highest BCUT2D eigenvalue weighted by molar-refractivity contribution is 7.05. The first-order valence-corrected chi connectivity index (χ1v) is 8.34. The van der Waals surface area contributed by atoms with E-state index < -0.39 is 13.2 Å². The lowest BCUT2D eigenvalue weighted by Gasteiger charge is -1.86. The lowest BCUT2D eigenvalue weighted by Crippen LogP contribution is -1.78. The van der Waals surface area contributed by atoms with E-state index in [1.807, 2.05) is 0 Å².